The van der Waals surface area contributed by atoms with Crippen LogP contribution in [-0.2, 0) is 0 Å². The van der Waals surface area contributed by atoms with Crippen LogP contribution in [-0.4, -0.2) is 22.7 Å². The smallest absolute Gasteiger partial charge is 0.211 e. The molecule has 0 bridgehead atoms. The minimum atomic E-state index is -0.396. The third-order valence-electron chi connectivity index (χ3n) is 2.81. The van der Waals surface area contributed by atoms with Crippen molar-refractivity contribution in [1.82, 2.24) is 9.78 Å². The molecule has 2 rings (SSSR count). The van der Waals surface area contributed by atoms with Gasteiger partial charge in [0.15, 0.2) is 11.5 Å². The summed E-state index contributed by atoms with van der Waals surface area (Å²) >= 11 is 5.98. The van der Waals surface area contributed by atoms with Gasteiger partial charge in [-0.2, -0.15) is 5.10 Å². The Morgan fingerprint density at radius 2 is 2.05 bits per heavy atom. The Morgan fingerprint density at radius 1 is 1.35 bits per heavy atom. The van der Waals surface area contributed by atoms with Crippen molar-refractivity contribution in [3.63, 3.8) is 0 Å². The van der Waals surface area contributed by atoms with Gasteiger partial charge in [-0.15, -0.1) is 0 Å². The zero-order chi connectivity index (χ0) is 14.9. The van der Waals surface area contributed by atoms with Crippen molar-refractivity contribution in [2.45, 2.75) is 13.8 Å². The number of ketones is 1. The quantitative estimate of drug-likeness (QED) is 0.815. The normalized spacial score (nSPS) is 10.4. The summed E-state index contributed by atoms with van der Waals surface area (Å²) in [4.78, 5) is 23.2. The molecule has 1 aromatic carbocycles. The average molecular weight is 293 g/mol. The first kappa shape index (κ1) is 14.3. The molecule has 20 heavy (non-hydrogen) atoms. The fourth-order valence-electron chi connectivity index (χ4n) is 1.86. The highest BCUT2D eigenvalue weighted by Gasteiger charge is 2.14. The van der Waals surface area contributed by atoms with Crippen molar-refractivity contribution < 1.29 is 9.53 Å². The van der Waals surface area contributed by atoms with Crippen molar-refractivity contribution in [3.8, 4) is 11.4 Å². The SMILES string of the molecule is COc1ccc(Cl)cc1-n1nc(C(C)=O)c(=O)cc1C. The molecule has 0 amide bonds. The molecule has 6 heteroatoms. The lowest BCUT2D eigenvalue weighted by Crippen LogP contribution is -2.21. The van der Waals surface area contributed by atoms with Gasteiger partial charge in [0.1, 0.15) is 11.4 Å². The van der Waals surface area contributed by atoms with Crippen LogP contribution in [0.4, 0.5) is 0 Å². The number of rotatable bonds is 3. The van der Waals surface area contributed by atoms with Crippen LogP contribution in [0, 0.1) is 6.92 Å². The summed E-state index contributed by atoms with van der Waals surface area (Å²) in [7, 11) is 1.52. The molecule has 0 N–H and O–H groups in total. The second-order valence-electron chi connectivity index (χ2n) is 4.28. The number of Topliss-reactive ketones (excluding diaryl/α,β-unsaturated/α-hetero) is 1. The van der Waals surface area contributed by atoms with Crippen molar-refractivity contribution in [1.29, 1.82) is 0 Å². The van der Waals surface area contributed by atoms with Crippen molar-refractivity contribution in [2.24, 2.45) is 0 Å². The minimum absolute atomic E-state index is 0.113. The topological polar surface area (TPSA) is 61.2 Å². The van der Waals surface area contributed by atoms with Crippen LogP contribution in [0.5, 0.6) is 5.75 Å². The predicted molar refractivity (Wildman–Crippen MR) is 76.1 cm³/mol. The molecule has 0 saturated heterocycles. The first-order valence-corrected chi connectivity index (χ1v) is 6.27. The highest BCUT2D eigenvalue weighted by Crippen LogP contribution is 2.26. The fourth-order valence-corrected chi connectivity index (χ4v) is 2.03. The first-order chi connectivity index (χ1) is 9.43. The third-order valence-corrected chi connectivity index (χ3v) is 3.05. The minimum Gasteiger partial charge on any atom is -0.494 e. The monoisotopic (exact) mass is 292 g/mol. The van der Waals surface area contributed by atoms with E-state index in [2.05, 4.69) is 5.10 Å². The van der Waals surface area contributed by atoms with E-state index in [-0.39, 0.29) is 11.5 Å². The molecule has 0 unspecified atom stereocenters. The van der Waals surface area contributed by atoms with Gasteiger partial charge in [-0.25, -0.2) is 4.68 Å². The average Bonchev–Trinajstić information content (AvgIpc) is 2.38. The number of hydrogen-bond donors (Lipinski definition) is 0. The van der Waals surface area contributed by atoms with Gasteiger partial charge in [0.2, 0.25) is 5.43 Å². The van der Waals surface area contributed by atoms with Gasteiger partial charge in [0.25, 0.3) is 0 Å². The molecule has 0 aliphatic heterocycles. The highest BCUT2D eigenvalue weighted by atomic mass is 35.5. The maximum absolute atomic E-state index is 11.7. The second-order valence-corrected chi connectivity index (χ2v) is 4.72. The maximum atomic E-state index is 11.7. The van der Waals surface area contributed by atoms with Crippen molar-refractivity contribution in [3.05, 3.63) is 50.9 Å². The van der Waals surface area contributed by atoms with Gasteiger partial charge in [-0.05, 0) is 25.1 Å². The Kier molecular flexibility index (Phi) is 3.90. The van der Waals surface area contributed by atoms with E-state index >= 15 is 0 Å². The summed E-state index contributed by atoms with van der Waals surface area (Å²) in [5, 5.41) is 4.61. The van der Waals surface area contributed by atoms with Gasteiger partial charge in [0.05, 0.1) is 7.11 Å². The lowest BCUT2D eigenvalue weighted by atomic mass is 10.2. The lowest BCUT2D eigenvalue weighted by Gasteiger charge is -2.14. The number of carbonyl (C=O) groups is 1. The van der Waals surface area contributed by atoms with Crippen LogP contribution in [0.15, 0.2) is 29.1 Å². The van der Waals surface area contributed by atoms with Gasteiger partial charge in [0, 0.05) is 23.7 Å². The molecule has 1 heterocycles. The van der Waals surface area contributed by atoms with Gasteiger partial charge in [-0.3, -0.25) is 9.59 Å². The van der Waals surface area contributed by atoms with Gasteiger partial charge >= 0.3 is 0 Å². The molecule has 0 aliphatic rings. The Bertz CT molecular complexity index is 738. The number of halogens is 1. The number of ether oxygens (including phenoxy) is 1. The molecule has 1 aromatic heterocycles. The predicted octanol–water partition coefficient (Wildman–Crippen LogP) is 2.41. The Balaban J connectivity index is 2.75. The molecular weight excluding hydrogens is 280 g/mol. The van der Waals surface area contributed by atoms with Crippen LogP contribution in [0.1, 0.15) is 23.1 Å². The largest absolute Gasteiger partial charge is 0.494 e. The molecular formula is C14H13ClN2O3. The Morgan fingerprint density at radius 3 is 2.65 bits per heavy atom. The Labute approximate surface area is 120 Å². The molecule has 0 aliphatic carbocycles. The van der Waals surface area contributed by atoms with Gasteiger partial charge in [-0.1, -0.05) is 11.6 Å². The molecule has 0 saturated carbocycles. The number of methoxy groups -OCH3 is 1. The first-order valence-electron chi connectivity index (χ1n) is 5.90. The molecule has 2 aromatic rings. The number of aryl methyl sites for hydroxylation is 1. The van der Waals surface area contributed by atoms with Crippen LogP contribution in [0.25, 0.3) is 5.69 Å². The molecule has 0 spiro atoms. The van der Waals surface area contributed by atoms with Crippen molar-refractivity contribution >= 4 is 17.4 Å². The van der Waals surface area contributed by atoms with E-state index in [9.17, 15) is 9.59 Å². The van der Waals surface area contributed by atoms with Crippen LogP contribution in [0.3, 0.4) is 0 Å². The fraction of sp³-hybridized carbons (Fsp3) is 0.214. The van der Waals surface area contributed by atoms with E-state index < -0.39 is 5.43 Å². The van der Waals surface area contributed by atoms with E-state index in [0.717, 1.165) is 0 Å². The van der Waals surface area contributed by atoms with Crippen LogP contribution < -0.4 is 10.2 Å². The molecule has 0 atom stereocenters. The van der Waals surface area contributed by atoms with E-state index in [1.54, 1.807) is 25.1 Å². The van der Waals surface area contributed by atoms with Crippen LogP contribution >= 0.6 is 11.6 Å². The maximum Gasteiger partial charge on any atom is 0.211 e. The number of benzene rings is 1. The lowest BCUT2D eigenvalue weighted by molar-refractivity contribution is 0.101. The summed E-state index contributed by atoms with van der Waals surface area (Å²) in [6.07, 6.45) is 0. The van der Waals surface area contributed by atoms with Gasteiger partial charge < -0.3 is 4.74 Å². The number of nitrogens with zero attached hydrogens (tertiary/aromatic N) is 2. The standard InChI is InChI=1S/C14H13ClN2O3/c1-8-6-12(19)14(9(2)18)16-17(8)11-7-10(15)4-5-13(11)20-3/h4-7H,1-3H3. The summed E-state index contributed by atoms with van der Waals surface area (Å²) in [5.74, 6) is 0.160. The zero-order valence-electron chi connectivity index (χ0n) is 11.3. The summed E-state index contributed by atoms with van der Waals surface area (Å²) < 4.78 is 6.73. The number of hydrogen-bond acceptors (Lipinski definition) is 4. The molecule has 0 radical (unpaired) electrons. The molecule has 104 valence electrons. The molecule has 5 nitrogen and oxygen atoms in total. The van der Waals surface area contributed by atoms with E-state index in [4.69, 9.17) is 16.3 Å². The van der Waals surface area contributed by atoms with Crippen molar-refractivity contribution in [2.75, 3.05) is 7.11 Å². The molecule has 0 fully saturated rings. The van der Waals surface area contributed by atoms with Crippen LogP contribution in [0.2, 0.25) is 5.02 Å². The van der Waals surface area contributed by atoms with E-state index in [0.29, 0.717) is 22.2 Å². The highest BCUT2D eigenvalue weighted by molar-refractivity contribution is 6.30. The van der Waals surface area contributed by atoms with E-state index in [1.165, 1.54) is 24.8 Å². The summed E-state index contributed by atoms with van der Waals surface area (Å²) in [5.41, 5.74) is 0.644. The summed E-state index contributed by atoms with van der Waals surface area (Å²) in [6, 6.07) is 6.41. The zero-order valence-corrected chi connectivity index (χ0v) is 12.1. The number of carbonyl (C=O) groups excluding carboxylic acids is 1. The third kappa shape index (κ3) is 2.58. The second kappa shape index (κ2) is 5.46. The Hall–Kier alpha value is -2.14. The van der Waals surface area contributed by atoms with E-state index in [1.807, 2.05) is 0 Å². The summed E-state index contributed by atoms with van der Waals surface area (Å²) in [6.45, 7) is 3.03. The number of aromatic nitrogens is 2.